The summed E-state index contributed by atoms with van der Waals surface area (Å²) in [6, 6.07) is 9.50. The van der Waals surface area contributed by atoms with Crippen LogP contribution in [0.2, 0.25) is 0 Å². The second kappa shape index (κ2) is 6.99. The third-order valence-corrected chi connectivity index (χ3v) is 5.68. The van der Waals surface area contributed by atoms with Crippen LogP contribution >= 0.6 is 0 Å². The molecule has 1 saturated heterocycles. The van der Waals surface area contributed by atoms with Crippen LogP contribution < -0.4 is 9.62 Å². The van der Waals surface area contributed by atoms with Crippen molar-refractivity contribution in [3.8, 4) is 0 Å². The zero-order chi connectivity index (χ0) is 19.8. The molecule has 0 saturated carbocycles. The van der Waals surface area contributed by atoms with Crippen molar-refractivity contribution in [2.24, 2.45) is 5.92 Å². The van der Waals surface area contributed by atoms with Crippen LogP contribution in [0.1, 0.15) is 12.0 Å². The van der Waals surface area contributed by atoms with Gasteiger partial charge in [0, 0.05) is 18.7 Å². The number of hydrogen-bond acceptors (Lipinski definition) is 4. The Kier molecular flexibility index (Phi) is 4.88. The number of nitrogens with one attached hydrogen (secondary N) is 1. The number of anilines is 2. The number of hydrogen-bond donors (Lipinski definition) is 2. The average Bonchev–Trinajstić information content (AvgIpc) is 3.00. The summed E-state index contributed by atoms with van der Waals surface area (Å²) in [6.45, 7) is 1.75. The van der Waals surface area contributed by atoms with Gasteiger partial charge in [-0.2, -0.15) is 0 Å². The second-order valence-corrected chi connectivity index (χ2v) is 8.01. The second-order valence-electron chi connectivity index (χ2n) is 6.33. The van der Waals surface area contributed by atoms with Gasteiger partial charge < -0.3 is 10.0 Å². The Morgan fingerprint density at radius 1 is 1.22 bits per heavy atom. The van der Waals surface area contributed by atoms with Gasteiger partial charge in [-0.25, -0.2) is 12.8 Å². The summed E-state index contributed by atoms with van der Waals surface area (Å²) in [5, 5.41) is 9.03. The summed E-state index contributed by atoms with van der Waals surface area (Å²) in [4.78, 5) is 24.2. The predicted molar refractivity (Wildman–Crippen MR) is 96.5 cm³/mol. The predicted octanol–water partition coefficient (Wildman–Crippen LogP) is 2.37. The maximum Gasteiger partial charge on any atom is 0.308 e. The Bertz CT molecular complexity index is 1000. The lowest BCUT2D eigenvalue weighted by Crippen LogP contribution is -2.25. The summed E-state index contributed by atoms with van der Waals surface area (Å²) in [6.07, 6.45) is -0.0937. The number of carboxylic acid groups (broad SMARTS) is 1. The third-order valence-electron chi connectivity index (χ3n) is 4.30. The van der Waals surface area contributed by atoms with Crippen LogP contribution in [0.4, 0.5) is 15.8 Å². The molecule has 27 heavy (non-hydrogen) atoms. The van der Waals surface area contributed by atoms with E-state index in [9.17, 15) is 22.4 Å². The van der Waals surface area contributed by atoms with E-state index in [1.807, 2.05) is 0 Å². The normalized spacial score (nSPS) is 17.2. The minimum atomic E-state index is -4.02. The number of carbonyl (C=O) groups excluding carboxylic acids is 1. The van der Waals surface area contributed by atoms with Crippen molar-refractivity contribution in [3.05, 3.63) is 53.8 Å². The molecule has 3 rings (SSSR count). The topological polar surface area (TPSA) is 104 Å². The number of aliphatic carboxylic acids is 1. The van der Waals surface area contributed by atoms with Crippen LogP contribution in [0.5, 0.6) is 0 Å². The fourth-order valence-electron chi connectivity index (χ4n) is 2.85. The van der Waals surface area contributed by atoms with E-state index in [2.05, 4.69) is 4.72 Å². The molecule has 1 atom stereocenters. The van der Waals surface area contributed by atoms with Gasteiger partial charge in [0.2, 0.25) is 5.91 Å². The zero-order valence-corrected chi connectivity index (χ0v) is 15.2. The van der Waals surface area contributed by atoms with E-state index in [1.165, 1.54) is 47.4 Å². The van der Waals surface area contributed by atoms with E-state index in [-0.39, 0.29) is 29.5 Å². The van der Waals surface area contributed by atoms with Crippen molar-refractivity contribution < 1.29 is 27.5 Å². The molecule has 0 unspecified atom stereocenters. The highest BCUT2D eigenvalue weighted by molar-refractivity contribution is 7.92. The van der Waals surface area contributed by atoms with Gasteiger partial charge in [-0.1, -0.05) is 6.07 Å². The highest BCUT2D eigenvalue weighted by Crippen LogP contribution is 2.27. The van der Waals surface area contributed by atoms with Crippen LogP contribution in [0.3, 0.4) is 0 Å². The Hall–Kier alpha value is -2.94. The number of rotatable bonds is 5. The van der Waals surface area contributed by atoms with Crippen molar-refractivity contribution >= 4 is 33.3 Å². The van der Waals surface area contributed by atoms with Crippen LogP contribution in [-0.4, -0.2) is 31.9 Å². The lowest BCUT2D eigenvalue weighted by molar-refractivity contribution is -0.141. The van der Waals surface area contributed by atoms with Crippen molar-refractivity contribution in [2.75, 3.05) is 16.2 Å². The molecule has 0 aromatic heterocycles. The number of halogens is 1. The van der Waals surface area contributed by atoms with Gasteiger partial charge in [0.05, 0.1) is 16.5 Å². The maximum atomic E-state index is 13.8. The molecule has 2 aromatic carbocycles. The minimum Gasteiger partial charge on any atom is -0.481 e. The molecule has 1 fully saturated rings. The van der Waals surface area contributed by atoms with Crippen LogP contribution in [-0.2, 0) is 19.6 Å². The number of amides is 1. The van der Waals surface area contributed by atoms with Gasteiger partial charge in [-0.05, 0) is 48.9 Å². The molecule has 0 bridgehead atoms. The molecule has 2 N–H and O–H groups in total. The molecule has 0 aliphatic carbocycles. The van der Waals surface area contributed by atoms with E-state index in [0.29, 0.717) is 11.3 Å². The fourth-order valence-corrected chi connectivity index (χ4v) is 3.91. The van der Waals surface area contributed by atoms with E-state index < -0.39 is 27.7 Å². The van der Waals surface area contributed by atoms with Crippen LogP contribution in [0.15, 0.2) is 47.4 Å². The summed E-state index contributed by atoms with van der Waals surface area (Å²) < 4.78 is 40.9. The lowest BCUT2D eigenvalue weighted by Gasteiger charge is -2.17. The molecule has 1 aliphatic rings. The molecular formula is C18H17FN2O5S. The monoisotopic (exact) mass is 392 g/mol. The van der Waals surface area contributed by atoms with Crippen molar-refractivity contribution in [2.45, 2.75) is 18.2 Å². The maximum absolute atomic E-state index is 13.8. The number of aryl methyl sites for hydroxylation is 1. The first-order chi connectivity index (χ1) is 12.7. The van der Waals surface area contributed by atoms with E-state index in [1.54, 1.807) is 6.92 Å². The summed E-state index contributed by atoms with van der Waals surface area (Å²) >= 11 is 0. The fraction of sp³-hybridized carbons (Fsp3) is 0.222. The van der Waals surface area contributed by atoms with E-state index >= 15 is 0 Å². The number of carboxylic acids is 1. The quantitative estimate of drug-likeness (QED) is 0.813. The molecule has 0 radical (unpaired) electrons. The van der Waals surface area contributed by atoms with Gasteiger partial charge in [-0.3, -0.25) is 14.3 Å². The number of nitrogens with zero attached hydrogens (tertiary/aromatic N) is 1. The Morgan fingerprint density at radius 2 is 1.89 bits per heavy atom. The molecule has 1 aliphatic heterocycles. The standard InChI is InChI=1S/C18H17FN2O5S/c1-11-2-7-15(19)16(8-11)20-27(25,26)14-5-3-13(4-6-14)21-10-12(18(23)24)9-17(21)22/h2-8,12,20H,9-10H2,1H3,(H,23,24)/t12-/m1/s1. The first-order valence-electron chi connectivity index (χ1n) is 8.09. The summed E-state index contributed by atoms with van der Waals surface area (Å²) in [5.41, 5.74) is 0.951. The molecule has 0 spiro atoms. The zero-order valence-electron chi connectivity index (χ0n) is 14.3. The van der Waals surface area contributed by atoms with E-state index in [4.69, 9.17) is 5.11 Å². The average molecular weight is 392 g/mol. The highest BCUT2D eigenvalue weighted by Gasteiger charge is 2.35. The Labute approximate surface area is 155 Å². The third kappa shape index (κ3) is 3.92. The smallest absolute Gasteiger partial charge is 0.308 e. The summed E-state index contributed by atoms with van der Waals surface area (Å²) in [5.74, 6) is -2.86. The van der Waals surface area contributed by atoms with Crippen molar-refractivity contribution in [1.82, 2.24) is 0 Å². The van der Waals surface area contributed by atoms with Gasteiger partial charge >= 0.3 is 5.97 Å². The molecule has 1 heterocycles. The number of carbonyl (C=O) groups is 2. The van der Waals surface area contributed by atoms with Gasteiger partial charge in [0.1, 0.15) is 5.82 Å². The molecular weight excluding hydrogens is 375 g/mol. The van der Waals surface area contributed by atoms with Crippen LogP contribution in [0.25, 0.3) is 0 Å². The van der Waals surface area contributed by atoms with E-state index in [0.717, 1.165) is 0 Å². The van der Waals surface area contributed by atoms with Gasteiger partial charge in [0.25, 0.3) is 10.0 Å². The van der Waals surface area contributed by atoms with Gasteiger partial charge in [0.15, 0.2) is 0 Å². The van der Waals surface area contributed by atoms with Gasteiger partial charge in [-0.15, -0.1) is 0 Å². The minimum absolute atomic E-state index is 0.0347. The Balaban J connectivity index is 1.81. The first-order valence-corrected chi connectivity index (χ1v) is 9.58. The number of benzene rings is 2. The largest absolute Gasteiger partial charge is 0.481 e. The molecule has 9 heteroatoms. The summed E-state index contributed by atoms with van der Waals surface area (Å²) in [7, 11) is -4.02. The SMILES string of the molecule is Cc1ccc(F)c(NS(=O)(=O)c2ccc(N3C[C@H](C(=O)O)CC3=O)cc2)c1. The lowest BCUT2D eigenvalue weighted by atomic mass is 10.1. The van der Waals surface area contributed by atoms with Crippen molar-refractivity contribution in [1.29, 1.82) is 0 Å². The first kappa shape index (κ1) is 18.8. The molecule has 7 nitrogen and oxygen atoms in total. The Morgan fingerprint density at radius 3 is 2.48 bits per heavy atom. The molecule has 142 valence electrons. The molecule has 1 amide bonds. The van der Waals surface area contributed by atoms with Crippen molar-refractivity contribution in [3.63, 3.8) is 0 Å². The molecule has 2 aromatic rings. The number of sulfonamides is 1. The highest BCUT2D eigenvalue weighted by atomic mass is 32.2. The van der Waals surface area contributed by atoms with Crippen LogP contribution in [0, 0.1) is 18.7 Å².